The van der Waals surface area contributed by atoms with E-state index in [2.05, 4.69) is 43.0 Å². The Morgan fingerprint density at radius 2 is 1.11 bits per heavy atom. The van der Waals surface area contributed by atoms with Gasteiger partial charge in [-0.05, 0) is 35.3 Å². The summed E-state index contributed by atoms with van der Waals surface area (Å²) in [5.74, 6) is -0.520. The minimum atomic E-state index is -0.261. The minimum Gasteiger partial charge on any atom is -0.286 e. The first-order chi connectivity index (χ1) is 13.2. The number of hydrogen-bond donors (Lipinski definition) is 0. The van der Waals surface area contributed by atoms with Crippen molar-refractivity contribution in [3.05, 3.63) is 70.8 Å². The van der Waals surface area contributed by atoms with Gasteiger partial charge in [-0.2, -0.15) is 0 Å². The van der Waals surface area contributed by atoms with Gasteiger partial charge < -0.3 is 0 Å². The summed E-state index contributed by atoms with van der Waals surface area (Å²) in [5, 5.41) is 0. The molecule has 1 saturated heterocycles. The Morgan fingerprint density at radius 1 is 0.741 bits per heavy atom. The van der Waals surface area contributed by atoms with Crippen molar-refractivity contribution in [3.8, 4) is 0 Å². The zero-order chi connectivity index (χ0) is 18.7. The zero-order valence-corrected chi connectivity index (χ0v) is 15.8. The summed E-state index contributed by atoms with van der Waals surface area (Å²) >= 11 is 0. The Balaban J connectivity index is 1.65. The molecule has 4 heteroatoms. The first-order valence-corrected chi connectivity index (χ1v) is 9.92. The van der Waals surface area contributed by atoms with Crippen molar-refractivity contribution < 1.29 is 9.59 Å². The normalized spacial score (nSPS) is 27.7. The van der Waals surface area contributed by atoms with Crippen LogP contribution in [0.25, 0.3) is 0 Å². The topological polar surface area (TPSA) is 40.6 Å². The SMILES string of the molecule is CCN(CC)CN1C(=O)C2C3c4ccccc4C(c4ccccc43)C2C1=O. The predicted molar refractivity (Wildman–Crippen MR) is 103 cm³/mol. The fourth-order valence-electron chi connectivity index (χ4n) is 5.50. The van der Waals surface area contributed by atoms with Crippen LogP contribution in [0.2, 0.25) is 0 Å². The Morgan fingerprint density at radius 3 is 1.44 bits per heavy atom. The van der Waals surface area contributed by atoms with Gasteiger partial charge in [0.1, 0.15) is 0 Å². The van der Waals surface area contributed by atoms with Crippen LogP contribution in [0.5, 0.6) is 0 Å². The maximum absolute atomic E-state index is 13.4. The van der Waals surface area contributed by atoms with Gasteiger partial charge in [-0.25, -0.2) is 0 Å². The average Bonchev–Trinajstić information content (AvgIpc) is 2.97. The van der Waals surface area contributed by atoms with Gasteiger partial charge in [0.2, 0.25) is 11.8 Å². The van der Waals surface area contributed by atoms with Gasteiger partial charge >= 0.3 is 0 Å². The van der Waals surface area contributed by atoms with E-state index in [-0.39, 0.29) is 35.5 Å². The third-order valence-corrected chi connectivity index (χ3v) is 6.78. The summed E-state index contributed by atoms with van der Waals surface area (Å²) in [6.45, 7) is 6.20. The number of imide groups is 1. The largest absolute Gasteiger partial charge is 0.286 e. The molecule has 4 nitrogen and oxygen atoms in total. The number of hydrogen-bond acceptors (Lipinski definition) is 3. The predicted octanol–water partition coefficient (Wildman–Crippen LogP) is 3.18. The average molecular weight is 360 g/mol. The molecule has 0 saturated carbocycles. The van der Waals surface area contributed by atoms with Crippen molar-refractivity contribution in [1.82, 2.24) is 9.80 Å². The van der Waals surface area contributed by atoms with Crippen LogP contribution in [0.4, 0.5) is 0 Å². The van der Waals surface area contributed by atoms with Crippen LogP contribution in [0.3, 0.4) is 0 Å². The molecule has 138 valence electrons. The fraction of sp³-hybridized carbons (Fsp3) is 0.391. The maximum Gasteiger partial charge on any atom is 0.235 e. The molecule has 4 aliphatic rings. The van der Waals surface area contributed by atoms with Crippen LogP contribution in [0, 0.1) is 11.8 Å². The van der Waals surface area contributed by atoms with Crippen molar-refractivity contribution in [2.45, 2.75) is 25.7 Å². The van der Waals surface area contributed by atoms with E-state index in [0.717, 1.165) is 13.1 Å². The number of carbonyl (C=O) groups is 2. The van der Waals surface area contributed by atoms with Crippen molar-refractivity contribution >= 4 is 11.8 Å². The van der Waals surface area contributed by atoms with Crippen LogP contribution >= 0.6 is 0 Å². The monoisotopic (exact) mass is 360 g/mol. The molecule has 0 N–H and O–H groups in total. The Hall–Kier alpha value is -2.46. The van der Waals surface area contributed by atoms with Gasteiger partial charge in [0.05, 0.1) is 18.5 Å². The van der Waals surface area contributed by atoms with E-state index >= 15 is 0 Å². The lowest BCUT2D eigenvalue weighted by molar-refractivity contribution is -0.142. The van der Waals surface area contributed by atoms with Gasteiger partial charge in [0.15, 0.2) is 0 Å². The molecule has 2 aromatic rings. The molecule has 2 aromatic carbocycles. The number of likely N-dealkylation sites (tertiary alicyclic amines) is 1. The summed E-state index contributed by atoms with van der Waals surface area (Å²) < 4.78 is 0. The highest BCUT2D eigenvalue weighted by Gasteiger charge is 2.61. The van der Waals surface area contributed by atoms with Gasteiger partial charge in [0.25, 0.3) is 0 Å². The van der Waals surface area contributed by atoms with Crippen molar-refractivity contribution in [1.29, 1.82) is 0 Å². The van der Waals surface area contributed by atoms with Crippen LogP contribution in [0.15, 0.2) is 48.5 Å². The second-order valence-corrected chi connectivity index (χ2v) is 7.81. The first kappa shape index (κ1) is 16.7. The van der Waals surface area contributed by atoms with Crippen LogP contribution in [-0.4, -0.2) is 41.4 Å². The standard InChI is InChI=1S/C23H24N2O2/c1-3-24(4-2)13-25-22(26)20-18-14-9-5-6-10-15(14)19(21(20)23(25)27)17-12-8-7-11-16(17)18/h5-12,18-21H,3-4,13H2,1-2H3. The van der Waals surface area contributed by atoms with E-state index in [9.17, 15) is 9.59 Å². The lowest BCUT2D eigenvalue weighted by atomic mass is 9.55. The Labute approximate surface area is 159 Å². The molecule has 27 heavy (non-hydrogen) atoms. The highest BCUT2D eigenvalue weighted by Crippen LogP contribution is 2.60. The molecule has 0 spiro atoms. The molecule has 2 atom stereocenters. The Kier molecular flexibility index (Phi) is 3.73. The first-order valence-electron chi connectivity index (χ1n) is 9.92. The molecule has 6 rings (SSSR count). The summed E-state index contributed by atoms with van der Waals surface area (Å²) in [5.41, 5.74) is 4.92. The summed E-state index contributed by atoms with van der Waals surface area (Å²) in [6, 6.07) is 16.8. The molecule has 0 aromatic heterocycles. The van der Waals surface area contributed by atoms with Crippen LogP contribution in [0.1, 0.15) is 47.9 Å². The van der Waals surface area contributed by atoms with E-state index in [0.29, 0.717) is 6.67 Å². The van der Waals surface area contributed by atoms with Crippen LogP contribution in [-0.2, 0) is 9.59 Å². The quantitative estimate of drug-likeness (QED) is 0.787. The summed E-state index contributed by atoms with van der Waals surface area (Å²) in [7, 11) is 0. The highest BCUT2D eigenvalue weighted by atomic mass is 16.2. The lowest BCUT2D eigenvalue weighted by Gasteiger charge is -2.45. The Bertz CT molecular complexity index is 818. The van der Waals surface area contributed by atoms with Crippen molar-refractivity contribution in [2.24, 2.45) is 11.8 Å². The molecule has 1 aliphatic heterocycles. The van der Waals surface area contributed by atoms with Crippen LogP contribution < -0.4 is 0 Å². The lowest BCUT2D eigenvalue weighted by Crippen LogP contribution is -2.42. The number of carbonyl (C=O) groups excluding carboxylic acids is 2. The number of nitrogens with zero attached hydrogens (tertiary/aromatic N) is 2. The maximum atomic E-state index is 13.4. The van der Waals surface area contributed by atoms with E-state index < -0.39 is 0 Å². The van der Waals surface area contributed by atoms with Gasteiger partial charge in [0, 0.05) is 11.8 Å². The molecule has 2 unspecified atom stereocenters. The fourth-order valence-corrected chi connectivity index (χ4v) is 5.50. The number of benzene rings is 2. The van der Waals surface area contributed by atoms with Crippen molar-refractivity contribution in [2.75, 3.05) is 19.8 Å². The summed E-state index contributed by atoms with van der Waals surface area (Å²) in [6.07, 6.45) is 0. The van der Waals surface area contributed by atoms with Gasteiger partial charge in [-0.1, -0.05) is 62.4 Å². The van der Waals surface area contributed by atoms with Gasteiger partial charge in [-0.3, -0.25) is 19.4 Å². The van der Waals surface area contributed by atoms with Gasteiger partial charge in [-0.15, -0.1) is 0 Å². The zero-order valence-electron chi connectivity index (χ0n) is 15.8. The van der Waals surface area contributed by atoms with Crippen molar-refractivity contribution in [3.63, 3.8) is 0 Å². The molecule has 2 bridgehead atoms. The minimum absolute atomic E-state index is 0.00875. The van der Waals surface area contributed by atoms with E-state index in [1.807, 2.05) is 24.3 Å². The smallest absolute Gasteiger partial charge is 0.235 e. The second kappa shape index (κ2) is 6.03. The molecule has 1 fully saturated rings. The van der Waals surface area contributed by atoms with E-state index in [1.54, 1.807) is 0 Å². The third-order valence-electron chi connectivity index (χ3n) is 6.78. The molecule has 0 radical (unpaired) electrons. The summed E-state index contributed by atoms with van der Waals surface area (Å²) in [4.78, 5) is 30.5. The third kappa shape index (κ3) is 2.13. The number of rotatable bonds is 4. The second-order valence-electron chi connectivity index (χ2n) is 7.81. The molecule has 2 amide bonds. The molecule has 1 heterocycles. The molecule has 3 aliphatic carbocycles. The number of amides is 2. The van der Waals surface area contributed by atoms with E-state index in [4.69, 9.17) is 0 Å². The molecular formula is C23H24N2O2. The molecular weight excluding hydrogens is 336 g/mol. The highest BCUT2D eigenvalue weighted by molar-refractivity contribution is 6.07. The van der Waals surface area contributed by atoms with E-state index in [1.165, 1.54) is 27.2 Å².